The Labute approximate surface area is 169 Å². The third-order valence-corrected chi connectivity index (χ3v) is 4.28. The Morgan fingerprint density at radius 1 is 1.18 bits per heavy atom. The number of alkyl halides is 2. The van der Waals surface area contributed by atoms with Crippen molar-refractivity contribution in [1.29, 1.82) is 0 Å². The molecule has 1 aromatic heterocycles. The molecule has 3 nitrogen and oxygen atoms in total. The van der Waals surface area contributed by atoms with Gasteiger partial charge < -0.3 is 9.64 Å². The van der Waals surface area contributed by atoms with E-state index in [9.17, 15) is 8.78 Å². The largest absolute Gasteiger partial charge is 0.495 e. The summed E-state index contributed by atoms with van der Waals surface area (Å²) in [5.41, 5.74) is 2.97. The molecule has 0 atom stereocenters. The van der Waals surface area contributed by atoms with E-state index in [0.717, 1.165) is 11.1 Å². The fourth-order valence-electron chi connectivity index (χ4n) is 2.80. The molecule has 2 heterocycles. The van der Waals surface area contributed by atoms with E-state index in [-0.39, 0.29) is 0 Å². The predicted molar refractivity (Wildman–Crippen MR) is 111 cm³/mol. The first-order valence-electron chi connectivity index (χ1n) is 8.93. The Balaban J connectivity index is 0.00000136. The van der Waals surface area contributed by atoms with Gasteiger partial charge in [-0.1, -0.05) is 68.4 Å². The van der Waals surface area contributed by atoms with Gasteiger partial charge in [0.2, 0.25) is 0 Å². The lowest BCUT2D eigenvalue weighted by Crippen LogP contribution is -2.29. The van der Waals surface area contributed by atoms with E-state index in [4.69, 9.17) is 16.3 Å². The van der Waals surface area contributed by atoms with Gasteiger partial charge in [-0.15, -0.1) is 0 Å². The van der Waals surface area contributed by atoms with Crippen LogP contribution in [0.5, 0.6) is 5.75 Å². The van der Waals surface area contributed by atoms with Crippen molar-refractivity contribution in [3.8, 4) is 5.75 Å². The van der Waals surface area contributed by atoms with Gasteiger partial charge in [-0.05, 0) is 11.6 Å². The highest BCUT2D eigenvalue weighted by molar-refractivity contribution is 6.32. The van der Waals surface area contributed by atoms with Crippen molar-refractivity contribution in [3.05, 3.63) is 83.3 Å². The van der Waals surface area contributed by atoms with Crippen LogP contribution in [-0.2, 0) is 0 Å². The monoisotopic (exact) mass is 404 g/mol. The summed E-state index contributed by atoms with van der Waals surface area (Å²) in [4.78, 5) is 5.82. The maximum Gasteiger partial charge on any atom is 0.256 e. The second kappa shape index (κ2) is 10.0. The molecule has 1 aliphatic rings. The minimum Gasteiger partial charge on any atom is -0.495 e. The quantitative estimate of drug-likeness (QED) is 0.585. The summed E-state index contributed by atoms with van der Waals surface area (Å²) < 4.78 is 31.6. The fourth-order valence-corrected chi connectivity index (χ4v) is 3.04. The molecule has 1 aromatic carbocycles. The zero-order valence-electron chi connectivity index (χ0n) is 16.1. The molecule has 0 spiro atoms. The van der Waals surface area contributed by atoms with Crippen molar-refractivity contribution in [3.63, 3.8) is 0 Å². The molecule has 0 fully saturated rings. The molecule has 0 radical (unpaired) electrons. The molecule has 3 rings (SSSR count). The predicted octanol–water partition coefficient (Wildman–Crippen LogP) is 6.29. The Hall–Kier alpha value is -2.66. The third kappa shape index (κ3) is 4.78. The van der Waals surface area contributed by atoms with Gasteiger partial charge in [0.1, 0.15) is 11.4 Å². The standard InChI is InChI=1S/C20H17ClF2N2O.C2H6/c1-13-8-9-16(14-6-4-3-5-7-14)20(25(13)12-18(22)23)19-17(21)10-15(26-2)11-24-19;1-2/h3-11,18H,1,12H2,2H3;1-2H3. The van der Waals surface area contributed by atoms with Gasteiger partial charge >= 0.3 is 0 Å². The maximum atomic E-state index is 13.2. The number of pyridine rings is 1. The van der Waals surface area contributed by atoms with Crippen molar-refractivity contribution < 1.29 is 13.5 Å². The van der Waals surface area contributed by atoms with Crippen LogP contribution in [-0.4, -0.2) is 30.0 Å². The number of allylic oxidation sites excluding steroid dienone is 3. The van der Waals surface area contributed by atoms with Crippen molar-refractivity contribution >= 4 is 22.9 Å². The lowest BCUT2D eigenvalue weighted by molar-refractivity contribution is 0.123. The van der Waals surface area contributed by atoms with Gasteiger partial charge in [-0.3, -0.25) is 0 Å². The number of ether oxygens (including phenoxy) is 1. The molecule has 0 saturated heterocycles. The van der Waals surface area contributed by atoms with E-state index < -0.39 is 13.0 Å². The lowest BCUT2D eigenvalue weighted by Gasteiger charge is -2.32. The topological polar surface area (TPSA) is 25.4 Å². The van der Waals surface area contributed by atoms with Crippen molar-refractivity contribution in [2.75, 3.05) is 13.7 Å². The molecule has 2 aromatic rings. The smallest absolute Gasteiger partial charge is 0.256 e. The number of halogens is 3. The van der Waals surface area contributed by atoms with Gasteiger partial charge in [0.05, 0.1) is 30.6 Å². The Kier molecular flexibility index (Phi) is 7.76. The first kappa shape index (κ1) is 21.6. The molecule has 0 unspecified atom stereocenters. The van der Waals surface area contributed by atoms with Crippen LogP contribution in [0.25, 0.3) is 11.3 Å². The van der Waals surface area contributed by atoms with E-state index in [0.29, 0.717) is 27.9 Å². The molecule has 0 saturated carbocycles. The fraction of sp³-hybridized carbons (Fsp3) is 0.227. The van der Waals surface area contributed by atoms with Gasteiger partial charge in [-0.25, -0.2) is 13.8 Å². The minimum atomic E-state index is -2.54. The average molecular weight is 405 g/mol. The summed E-state index contributed by atoms with van der Waals surface area (Å²) in [5.74, 6) is 0.492. The van der Waals surface area contributed by atoms with E-state index in [1.54, 1.807) is 12.1 Å². The summed E-state index contributed by atoms with van der Waals surface area (Å²) >= 11 is 6.40. The molecule has 0 amide bonds. The highest BCUT2D eigenvalue weighted by Crippen LogP contribution is 2.39. The molecule has 0 bridgehead atoms. The maximum absolute atomic E-state index is 13.2. The number of hydrogen-bond donors (Lipinski definition) is 0. The lowest BCUT2D eigenvalue weighted by atomic mass is 9.97. The number of nitrogens with zero attached hydrogens (tertiary/aromatic N) is 2. The molecule has 148 valence electrons. The van der Waals surface area contributed by atoms with Gasteiger partial charge in [0.25, 0.3) is 6.43 Å². The van der Waals surface area contributed by atoms with Crippen molar-refractivity contribution in [1.82, 2.24) is 9.88 Å². The Morgan fingerprint density at radius 2 is 1.86 bits per heavy atom. The summed E-state index contributed by atoms with van der Waals surface area (Å²) in [6.07, 6.45) is 2.53. The van der Waals surface area contributed by atoms with Crippen LogP contribution in [0.2, 0.25) is 5.02 Å². The van der Waals surface area contributed by atoms with Crippen LogP contribution in [0.4, 0.5) is 8.78 Å². The summed E-state index contributed by atoms with van der Waals surface area (Å²) in [5, 5.41) is 0.315. The van der Waals surface area contributed by atoms with Crippen LogP contribution in [0.3, 0.4) is 0 Å². The Bertz CT molecular complexity index is 879. The van der Waals surface area contributed by atoms with Gasteiger partial charge in [0.15, 0.2) is 0 Å². The molecule has 1 aliphatic heterocycles. The summed E-state index contributed by atoms with van der Waals surface area (Å²) in [6, 6.07) is 11.1. The van der Waals surface area contributed by atoms with Crippen molar-refractivity contribution in [2.45, 2.75) is 20.3 Å². The summed E-state index contributed by atoms with van der Waals surface area (Å²) in [6.45, 7) is 7.39. The minimum absolute atomic E-state index is 0.315. The van der Waals surface area contributed by atoms with E-state index in [2.05, 4.69) is 11.6 Å². The SMILES string of the molecule is C=C1C=CC(c2ccccc2)=C(c2ncc(OC)cc2Cl)N1CC(F)F.CC. The first-order chi connectivity index (χ1) is 13.5. The normalized spacial score (nSPS) is 13.5. The highest BCUT2D eigenvalue weighted by atomic mass is 35.5. The molecule has 0 aliphatic carbocycles. The Morgan fingerprint density at radius 3 is 2.43 bits per heavy atom. The number of methoxy groups -OCH3 is 1. The number of benzene rings is 1. The van der Waals surface area contributed by atoms with Gasteiger partial charge in [0, 0.05) is 17.3 Å². The molecule has 0 N–H and O–H groups in total. The van der Waals surface area contributed by atoms with Crippen LogP contribution in [0.1, 0.15) is 25.1 Å². The van der Waals surface area contributed by atoms with Crippen LogP contribution in [0.15, 0.2) is 67.0 Å². The molecule has 6 heteroatoms. The first-order valence-corrected chi connectivity index (χ1v) is 9.31. The number of rotatable bonds is 5. The van der Waals surface area contributed by atoms with Gasteiger partial charge in [-0.2, -0.15) is 0 Å². The summed E-state index contributed by atoms with van der Waals surface area (Å²) in [7, 11) is 1.51. The van der Waals surface area contributed by atoms with E-state index in [1.807, 2.05) is 50.3 Å². The van der Waals surface area contributed by atoms with E-state index in [1.165, 1.54) is 18.2 Å². The zero-order valence-corrected chi connectivity index (χ0v) is 16.9. The zero-order chi connectivity index (χ0) is 20.7. The van der Waals surface area contributed by atoms with Crippen LogP contribution >= 0.6 is 11.6 Å². The van der Waals surface area contributed by atoms with Crippen LogP contribution < -0.4 is 4.74 Å². The molecular weight excluding hydrogens is 382 g/mol. The molecular formula is C22H23ClF2N2O. The van der Waals surface area contributed by atoms with E-state index >= 15 is 0 Å². The third-order valence-electron chi connectivity index (χ3n) is 4.00. The van der Waals surface area contributed by atoms with Crippen LogP contribution in [0, 0.1) is 0 Å². The number of hydrogen-bond acceptors (Lipinski definition) is 3. The highest BCUT2D eigenvalue weighted by Gasteiger charge is 2.27. The second-order valence-corrected chi connectivity index (χ2v) is 6.07. The second-order valence-electron chi connectivity index (χ2n) is 5.66. The number of aromatic nitrogens is 1. The average Bonchev–Trinajstić information content (AvgIpc) is 2.71. The molecule has 28 heavy (non-hydrogen) atoms. The van der Waals surface area contributed by atoms with Crippen molar-refractivity contribution in [2.24, 2.45) is 0 Å².